The highest BCUT2D eigenvalue weighted by atomic mass is 16.5. The van der Waals surface area contributed by atoms with Gasteiger partial charge in [0, 0.05) is 26.7 Å². The molecule has 1 fully saturated rings. The maximum absolute atomic E-state index is 12.4. The van der Waals surface area contributed by atoms with E-state index in [4.69, 9.17) is 10.5 Å². The van der Waals surface area contributed by atoms with Crippen LogP contribution in [0.3, 0.4) is 0 Å². The Labute approximate surface area is 113 Å². The van der Waals surface area contributed by atoms with E-state index < -0.39 is 0 Å². The molecule has 0 aliphatic carbocycles. The van der Waals surface area contributed by atoms with Crippen molar-refractivity contribution in [3.8, 4) is 0 Å². The van der Waals surface area contributed by atoms with Crippen LogP contribution in [0.2, 0.25) is 0 Å². The third-order valence-corrected chi connectivity index (χ3v) is 3.47. The molecule has 1 aliphatic heterocycles. The first-order valence-electron chi connectivity index (χ1n) is 6.81. The number of amides is 1. The fourth-order valence-electron chi connectivity index (χ4n) is 2.39. The average Bonchev–Trinajstić information content (AvgIpc) is 2.80. The van der Waals surface area contributed by atoms with Crippen LogP contribution in [-0.4, -0.2) is 46.9 Å². The SMILES string of the molecule is CCn1ncc(N)c1C(=O)N(C)CC1CCCCO1. The van der Waals surface area contributed by atoms with Crippen molar-refractivity contribution in [3.63, 3.8) is 0 Å². The number of hydrogen-bond acceptors (Lipinski definition) is 4. The molecule has 0 bridgehead atoms. The van der Waals surface area contributed by atoms with Crippen molar-refractivity contribution in [2.24, 2.45) is 0 Å². The Morgan fingerprint density at radius 3 is 3.05 bits per heavy atom. The lowest BCUT2D eigenvalue weighted by molar-refractivity contribution is -0.000379. The van der Waals surface area contributed by atoms with E-state index in [9.17, 15) is 4.79 Å². The van der Waals surface area contributed by atoms with Crippen LogP contribution in [0.5, 0.6) is 0 Å². The fourth-order valence-corrected chi connectivity index (χ4v) is 2.39. The molecule has 1 aromatic heterocycles. The molecule has 6 heteroatoms. The molecular weight excluding hydrogens is 244 g/mol. The molecule has 1 atom stereocenters. The molecule has 2 rings (SSSR count). The largest absolute Gasteiger partial charge is 0.396 e. The lowest BCUT2D eigenvalue weighted by Gasteiger charge is -2.27. The molecule has 1 saturated heterocycles. The Bertz CT molecular complexity index is 438. The van der Waals surface area contributed by atoms with Crippen LogP contribution >= 0.6 is 0 Å². The van der Waals surface area contributed by atoms with E-state index >= 15 is 0 Å². The van der Waals surface area contributed by atoms with Gasteiger partial charge in [-0.3, -0.25) is 9.48 Å². The highest BCUT2D eigenvalue weighted by Crippen LogP contribution is 2.17. The van der Waals surface area contributed by atoms with Crippen molar-refractivity contribution >= 4 is 11.6 Å². The Morgan fingerprint density at radius 1 is 1.63 bits per heavy atom. The summed E-state index contributed by atoms with van der Waals surface area (Å²) in [4.78, 5) is 14.1. The number of aryl methyl sites for hydroxylation is 1. The molecule has 1 aliphatic rings. The van der Waals surface area contributed by atoms with E-state index in [0.29, 0.717) is 24.5 Å². The molecule has 0 aromatic carbocycles. The zero-order valence-corrected chi connectivity index (χ0v) is 11.6. The molecule has 2 N–H and O–H groups in total. The van der Waals surface area contributed by atoms with Crippen molar-refractivity contribution in [1.29, 1.82) is 0 Å². The summed E-state index contributed by atoms with van der Waals surface area (Å²) in [6.45, 7) is 3.97. The zero-order chi connectivity index (χ0) is 13.8. The normalized spacial score (nSPS) is 19.4. The first-order chi connectivity index (χ1) is 9.13. The van der Waals surface area contributed by atoms with Crippen LogP contribution in [0.25, 0.3) is 0 Å². The van der Waals surface area contributed by atoms with Gasteiger partial charge in [0.05, 0.1) is 18.0 Å². The number of rotatable bonds is 4. The maximum Gasteiger partial charge on any atom is 0.274 e. The number of hydrogen-bond donors (Lipinski definition) is 1. The molecule has 1 aromatic rings. The van der Waals surface area contributed by atoms with Gasteiger partial charge >= 0.3 is 0 Å². The van der Waals surface area contributed by atoms with Crippen molar-refractivity contribution in [1.82, 2.24) is 14.7 Å². The maximum atomic E-state index is 12.4. The number of nitrogens with zero attached hydrogens (tertiary/aromatic N) is 3. The molecule has 1 unspecified atom stereocenters. The number of likely N-dealkylation sites (N-methyl/N-ethyl adjacent to an activating group) is 1. The van der Waals surface area contributed by atoms with Crippen LogP contribution in [0.15, 0.2) is 6.20 Å². The second kappa shape index (κ2) is 6.06. The number of nitrogen functional groups attached to an aromatic ring is 1. The van der Waals surface area contributed by atoms with E-state index in [1.165, 1.54) is 12.6 Å². The summed E-state index contributed by atoms with van der Waals surface area (Å²) in [6, 6.07) is 0. The number of anilines is 1. The van der Waals surface area contributed by atoms with E-state index in [1.807, 2.05) is 6.92 Å². The van der Waals surface area contributed by atoms with Gasteiger partial charge in [-0.1, -0.05) is 0 Å². The van der Waals surface area contributed by atoms with Gasteiger partial charge < -0.3 is 15.4 Å². The second-order valence-electron chi connectivity index (χ2n) is 4.94. The van der Waals surface area contributed by atoms with Gasteiger partial charge in [-0.2, -0.15) is 5.10 Å². The summed E-state index contributed by atoms with van der Waals surface area (Å²) in [5.41, 5.74) is 6.73. The number of carbonyl (C=O) groups is 1. The standard InChI is InChI=1S/C13H22N4O2/c1-3-17-12(11(14)8-15-17)13(18)16(2)9-10-6-4-5-7-19-10/h8,10H,3-7,9,14H2,1-2H3. The van der Waals surface area contributed by atoms with E-state index in [-0.39, 0.29) is 12.0 Å². The molecule has 2 heterocycles. The van der Waals surface area contributed by atoms with E-state index in [0.717, 1.165) is 19.4 Å². The van der Waals surface area contributed by atoms with Crippen LogP contribution in [-0.2, 0) is 11.3 Å². The summed E-state index contributed by atoms with van der Waals surface area (Å²) in [7, 11) is 1.78. The Hall–Kier alpha value is -1.56. The van der Waals surface area contributed by atoms with Crippen molar-refractivity contribution in [3.05, 3.63) is 11.9 Å². The quantitative estimate of drug-likeness (QED) is 0.886. The third-order valence-electron chi connectivity index (χ3n) is 3.47. The molecule has 0 spiro atoms. The smallest absolute Gasteiger partial charge is 0.274 e. The average molecular weight is 266 g/mol. The first-order valence-corrected chi connectivity index (χ1v) is 6.81. The predicted octanol–water partition coefficient (Wildman–Crippen LogP) is 1.13. The van der Waals surface area contributed by atoms with Gasteiger partial charge in [0.1, 0.15) is 5.69 Å². The van der Waals surface area contributed by atoms with Crippen molar-refractivity contribution < 1.29 is 9.53 Å². The molecule has 19 heavy (non-hydrogen) atoms. The minimum atomic E-state index is -0.0916. The lowest BCUT2D eigenvalue weighted by Crippen LogP contribution is -2.38. The molecule has 1 amide bonds. The Kier molecular flexibility index (Phi) is 4.42. The molecule has 0 saturated carbocycles. The minimum Gasteiger partial charge on any atom is -0.396 e. The van der Waals surface area contributed by atoms with Gasteiger partial charge in [-0.05, 0) is 26.2 Å². The molecule has 6 nitrogen and oxygen atoms in total. The highest BCUT2D eigenvalue weighted by molar-refractivity contribution is 5.97. The number of ether oxygens (including phenoxy) is 1. The van der Waals surface area contributed by atoms with E-state index in [2.05, 4.69) is 5.10 Å². The predicted molar refractivity (Wildman–Crippen MR) is 72.9 cm³/mol. The van der Waals surface area contributed by atoms with E-state index in [1.54, 1.807) is 16.6 Å². The second-order valence-corrected chi connectivity index (χ2v) is 4.94. The summed E-state index contributed by atoms with van der Waals surface area (Å²) in [5, 5.41) is 4.10. The fraction of sp³-hybridized carbons (Fsp3) is 0.692. The van der Waals surface area contributed by atoms with Gasteiger partial charge in [0.2, 0.25) is 0 Å². The molecule has 0 radical (unpaired) electrons. The number of carbonyl (C=O) groups excluding carboxylic acids is 1. The third kappa shape index (κ3) is 3.07. The monoisotopic (exact) mass is 266 g/mol. The summed E-state index contributed by atoms with van der Waals surface area (Å²) in [5.74, 6) is -0.0916. The van der Waals surface area contributed by atoms with Crippen molar-refractivity contribution in [2.45, 2.75) is 38.8 Å². The lowest BCUT2D eigenvalue weighted by atomic mass is 10.1. The van der Waals surface area contributed by atoms with Crippen LogP contribution in [0.4, 0.5) is 5.69 Å². The van der Waals surface area contributed by atoms with Gasteiger partial charge in [-0.15, -0.1) is 0 Å². The highest BCUT2D eigenvalue weighted by Gasteiger charge is 2.23. The Morgan fingerprint density at radius 2 is 2.42 bits per heavy atom. The zero-order valence-electron chi connectivity index (χ0n) is 11.6. The minimum absolute atomic E-state index is 0.0916. The van der Waals surface area contributed by atoms with Gasteiger partial charge in [-0.25, -0.2) is 0 Å². The van der Waals surface area contributed by atoms with Gasteiger partial charge in [0.15, 0.2) is 0 Å². The summed E-state index contributed by atoms with van der Waals surface area (Å²) < 4.78 is 7.29. The number of nitrogens with two attached hydrogens (primary N) is 1. The topological polar surface area (TPSA) is 73.4 Å². The Balaban J connectivity index is 2.03. The molecular formula is C13H22N4O2. The van der Waals surface area contributed by atoms with Crippen LogP contribution < -0.4 is 5.73 Å². The molecule has 106 valence electrons. The first kappa shape index (κ1) is 13.9. The summed E-state index contributed by atoms with van der Waals surface area (Å²) in [6.07, 6.45) is 4.97. The summed E-state index contributed by atoms with van der Waals surface area (Å²) >= 11 is 0. The van der Waals surface area contributed by atoms with Crippen molar-refractivity contribution in [2.75, 3.05) is 25.9 Å². The van der Waals surface area contributed by atoms with Crippen LogP contribution in [0, 0.1) is 0 Å². The number of aromatic nitrogens is 2. The van der Waals surface area contributed by atoms with Gasteiger partial charge in [0.25, 0.3) is 5.91 Å². The van der Waals surface area contributed by atoms with Crippen LogP contribution in [0.1, 0.15) is 36.7 Å².